The third-order valence-electron chi connectivity index (χ3n) is 3.42. The van der Waals surface area contributed by atoms with Crippen molar-refractivity contribution < 1.29 is 13.2 Å². The van der Waals surface area contributed by atoms with Crippen LogP contribution in [0.3, 0.4) is 0 Å². The Morgan fingerprint density at radius 1 is 1.13 bits per heavy atom. The van der Waals surface area contributed by atoms with E-state index in [0.29, 0.717) is 5.69 Å². The molecule has 0 unspecified atom stereocenters. The van der Waals surface area contributed by atoms with E-state index in [9.17, 15) is 13.2 Å². The van der Waals surface area contributed by atoms with Gasteiger partial charge in [0, 0.05) is 10.2 Å². The summed E-state index contributed by atoms with van der Waals surface area (Å²) in [5.74, 6) is -1.11. The highest BCUT2D eigenvalue weighted by Gasteiger charge is 2.19. The molecule has 0 aliphatic rings. The molecule has 0 saturated heterocycles. The predicted molar refractivity (Wildman–Crippen MR) is 95.4 cm³/mol. The zero-order valence-corrected chi connectivity index (χ0v) is 15.4. The van der Waals surface area contributed by atoms with Crippen molar-refractivity contribution in [1.29, 1.82) is 0 Å². The summed E-state index contributed by atoms with van der Waals surface area (Å²) in [5.41, 5.74) is 2.55. The smallest absolute Gasteiger partial charge is 0.239 e. The molecule has 1 amide bonds. The minimum absolute atomic E-state index is 0.157. The number of rotatable bonds is 5. The van der Waals surface area contributed by atoms with Gasteiger partial charge in [0.1, 0.15) is 5.75 Å². The van der Waals surface area contributed by atoms with E-state index in [1.54, 1.807) is 18.2 Å². The summed E-state index contributed by atoms with van der Waals surface area (Å²) < 4.78 is 25.5. The SMILES string of the molecule is CCc1cc(Br)ccc1NC(=O)CS(=O)(=O)c1ccc(C)cc1. The average molecular weight is 396 g/mol. The first kappa shape index (κ1) is 17.7. The number of hydrogen-bond donors (Lipinski definition) is 1. The number of carbonyl (C=O) groups excluding carboxylic acids is 1. The normalized spacial score (nSPS) is 11.3. The van der Waals surface area contributed by atoms with Crippen LogP contribution in [-0.4, -0.2) is 20.1 Å². The zero-order valence-electron chi connectivity index (χ0n) is 13.0. The second kappa shape index (κ2) is 7.27. The highest BCUT2D eigenvalue weighted by atomic mass is 79.9. The first-order valence-corrected chi connectivity index (χ1v) is 9.64. The minimum atomic E-state index is -3.65. The molecule has 1 N–H and O–H groups in total. The van der Waals surface area contributed by atoms with Gasteiger partial charge in [0.2, 0.25) is 5.91 Å². The maximum Gasteiger partial charge on any atom is 0.239 e. The fourth-order valence-corrected chi connectivity index (χ4v) is 3.71. The van der Waals surface area contributed by atoms with Crippen molar-refractivity contribution in [3.05, 3.63) is 58.1 Å². The van der Waals surface area contributed by atoms with Crippen molar-refractivity contribution in [3.8, 4) is 0 Å². The number of amides is 1. The lowest BCUT2D eigenvalue weighted by molar-refractivity contribution is -0.113. The topological polar surface area (TPSA) is 63.2 Å². The van der Waals surface area contributed by atoms with E-state index in [4.69, 9.17) is 0 Å². The Morgan fingerprint density at radius 2 is 1.78 bits per heavy atom. The van der Waals surface area contributed by atoms with E-state index in [1.165, 1.54) is 12.1 Å². The number of aryl methyl sites for hydroxylation is 2. The molecule has 23 heavy (non-hydrogen) atoms. The number of hydrogen-bond acceptors (Lipinski definition) is 3. The van der Waals surface area contributed by atoms with Gasteiger partial charge in [0.25, 0.3) is 0 Å². The summed E-state index contributed by atoms with van der Waals surface area (Å²) >= 11 is 3.38. The summed E-state index contributed by atoms with van der Waals surface area (Å²) in [7, 11) is -3.65. The van der Waals surface area contributed by atoms with Gasteiger partial charge < -0.3 is 5.32 Å². The van der Waals surface area contributed by atoms with Crippen LogP contribution < -0.4 is 5.32 Å². The summed E-state index contributed by atoms with van der Waals surface area (Å²) in [6.45, 7) is 3.85. The van der Waals surface area contributed by atoms with E-state index >= 15 is 0 Å². The number of sulfone groups is 1. The lowest BCUT2D eigenvalue weighted by atomic mass is 10.1. The Morgan fingerprint density at radius 3 is 2.39 bits per heavy atom. The molecule has 0 spiro atoms. The molecular weight excluding hydrogens is 378 g/mol. The van der Waals surface area contributed by atoms with E-state index in [2.05, 4.69) is 21.2 Å². The molecule has 2 aromatic rings. The molecule has 122 valence electrons. The third-order valence-corrected chi connectivity index (χ3v) is 5.55. The van der Waals surface area contributed by atoms with Crippen LogP contribution in [0.1, 0.15) is 18.1 Å². The molecule has 0 aromatic heterocycles. The van der Waals surface area contributed by atoms with Crippen LogP contribution in [0.4, 0.5) is 5.69 Å². The highest BCUT2D eigenvalue weighted by Crippen LogP contribution is 2.22. The molecule has 0 heterocycles. The van der Waals surface area contributed by atoms with Gasteiger partial charge in [-0.3, -0.25) is 4.79 Å². The van der Waals surface area contributed by atoms with E-state index < -0.39 is 21.5 Å². The largest absolute Gasteiger partial charge is 0.325 e. The molecule has 0 fully saturated rings. The minimum Gasteiger partial charge on any atom is -0.325 e. The quantitative estimate of drug-likeness (QED) is 0.838. The van der Waals surface area contributed by atoms with Crippen LogP contribution in [0.15, 0.2) is 51.8 Å². The van der Waals surface area contributed by atoms with Crippen molar-refractivity contribution in [1.82, 2.24) is 0 Å². The Bertz CT molecular complexity index is 814. The first-order valence-electron chi connectivity index (χ1n) is 7.19. The van der Waals surface area contributed by atoms with Crippen molar-refractivity contribution in [2.75, 3.05) is 11.1 Å². The lowest BCUT2D eigenvalue weighted by Gasteiger charge is -2.11. The monoisotopic (exact) mass is 395 g/mol. The Labute approximate surface area is 145 Å². The molecule has 4 nitrogen and oxygen atoms in total. The Hall–Kier alpha value is -1.66. The zero-order chi connectivity index (χ0) is 17.0. The van der Waals surface area contributed by atoms with Crippen molar-refractivity contribution in [2.45, 2.75) is 25.2 Å². The number of anilines is 1. The number of nitrogens with one attached hydrogen (secondary N) is 1. The molecule has 0 aliphatic heterocycles. The van der Waals surface area contributed by atoms with E-state index in [0.717, 1.165) is 22.0 Å². The highest BCUT2D eigenvalue weighted by molar-refractivity contribution is 9.10. The molecule has 0 radical (unpaired) electrons. The van der Waals surface area contributed by atoms with Gasteiger partial charge in [-0.2, -0.15) is 0 Å². The molecule has 2 rings (SSSR count). The molecular formula is C17H18BrNO3S. The number of halogens is 1. The maximum absolute atomic E-state index is 12.3. The van der Waals surface area contributed by atoms with E-state index in [1.807, 2.05) is 26.0 Å². The summed E-state index contributed by atoms with van der Waals surface area (Å²) in [6.07, 6.45) is 0.736. The fourth-order valence-electron chi connectivity index (χ4n) is 2.16. The predicted octanol–water partition coefficient (Wildman–Crippen LogP) is 3.73. The van der Waals surface area contributed by atoms with Crippen molar-refractivity contribution >= 4 is 37.4 Å². The van der Waals surface area contributed by atoms with Crippen LogP contribution in [0.5, 0.6) is 0 Å². The molecule has 0 bridgehead atoms. The molecule has 0 atom stereocenters. The third kappa shape index (κ3) is 4.65. The van der Waals surface area contributed by atoms with Crippen LogP contribution in [-0.2, 0) is 21.1 Å². The molecule has 2 aromatic carbocycles. The Kier molecular flexibility index (Phi) is 5.59. The molecule has 0 saturated carbocycles. The fraction of sp³-hybridized carbons (Fsp3) is 0.235. The number of benzene rings is 2. The molecule has 6 heteroatoms. The second-order valence-corrected chi connectivity index (χ2v) is 8.18. The standard InChI is InChI=1S/C17H18BrNO3S/c1-3-13-10-14(18)6-9-16(13)19-17(20)11-23(21,22)15-7-4-12(2)5-8-15/h4-10H,3,11H2,1-2H3,(H,19,20). The van der Waals surface area contributed by atoms with Gasteiger partial charge in [-0.25, -0.2) is 8.42 Å². The van der Waals surface area contributed by atoms with Gasteiger partial charge in [-0.1, -0.05) is 40.5 Å². The van der Waals surface area contributed by atoms with Gasteiger partial charge in [0.05, 0.1) is 4.90 Å². The lowest BCUT2D eigenvalue weighted by Crippen LogP contribution is -2.23. The van der Waals surface area contributed by atoms with Gasteiger partial charge >= 0.3 is 0 Å². The van der Waals surface area contributed by atoms with Crippen molar-refractivity contribution in [3.63, 3.8) is 0 Å². The van der Waals surface area contributed by atoms with Crippen LogP contribution in [0.2, 0.25) is 0 Å². The maximum atomic E-state index is 12.3. The average Bonchev–Trinajstić information content (AvgIpc) is 2.49. The summed E-state index contributed by atoms with van der Waals surface area (Å²) in [5, 5.41) is 2.69. The van der Waals surface area contributed by atoms with Crippen LogP contribution in [0.25, 0.3) is 0 Å². The second-order valence-electron chi connectivity index (χ2n) is 5.28. The first-order chi connectivity index (χ1) is 10.8. The van der Waals surface area contributed by atoms with Gasteiger partial charge in [-0.05, 0) is 49.2 Å². The summed E-state index contributed by atoms with van der Waals surface area (Å²) in [6, 6.07) is 12.0. The van der Waals surface area contributed by atoms with Gasteiger partial charge in [-0.15, -0.1) is 0 Å². The van der Waals surface area contributed by atoms with Crippen LogP contribution in [0, 0.1) is 6.92 Å². The summed E-state index contributed by atoms with van der Waals surface area (Å²) in [4.78, 5) is 12.3. The Balaban J connectivity index is 2.14. The van der Waals surface area contributed by atoms with Crippen LogP contribution >= 0.6 is 15.9 Å². The van der Waals surface area contributed by atoms with Gasteiger partial charge in [0.15, 0.2) is 9.84 Å². The van der Waals surface area contributed by atoms with E-state index in [-0.39, 0.29) is 4.90 Å². The number of carbonyl (C=O) groups is 1. The van der Waals surface area contributed by atoms with Crippen molar-refractivity contribution in [2.24, 2.45) is 0 Å². The molecule has 0 aliphatic carbocycles.